The first-order chi connectivity index (χ1) is 19.6. The first-order valence-corrected chi connectivity index (χ1v) is 13.6. The minimum absolute atomic E-state index is 0.263. The Hall–Kier alpha value is -4.63. The van der Waals surface area contributed by atoms with Crippen LogP contribution in [0.25, 0.3) is 55.6 Å². The molecule has 0 bridgehead atoms. The monoisotopic (exact) mass is 533 g/mol. The Bertz CT molecular complexity index is 1800. The van der Waals surface area contributed by atoms with Crippen molar-refractivity contribution in [3.63, 3.8) is 0 Å². The van der Waals surface area contributed by atoms with Crippen LogP contribution in [0.3, 0.4) is 0 Å². The lowest BCUT2D eigenvalue weighted by atomic mass is 9.88. The van der Waals surface area contributed by atoms with E-state index < -0.39 is 6.23 Å². The van der Waals surface area contributed by atoms with Crippen molar-refractivity contribution in [2.75, 3.05) is 5.32 Å². The van der Waals surface area contributed by atoms with Crippen molar-refractivity contribution in [3.05, 3.63) is 79.3 Å². The number of anilines is 1. The number of aliphatic hydroxyl groups excluding tert-OH is 1. The predicted molar refractivity (Wildman–Crippen MR) is 154 cm³/mol. The van der Waals surface area contributed by atoms with E-state index in [4.69, 9.17) is 0 Å². The zero-order valence-electron chi connectivity index (χ0n) is 21.7. The highest BCUT2D eigenvalue weighted by atomic mass is 19.1. The van der Waals surface area contributed by atoms with Crippen LogP contribution in [0.5, 0.6) is 0 Å². The largest absolute Gasteiger partial charge is 0.374 e. The lowest BCUT2D eigenvalue weighted by Crippen LogP contribution is -2.30. The van der Waals surface area contributed by atoms with E-state index in [0.29, 0.717) is 5.65 Å². The second-order valence-corrected chi connectivity index (χ2v) is 10.5. The number of halogens is 1. The number of hydrogen-bond donors (Lipinski definition) is 4. The molecule has 1 saturated carbocycles. The number of aliphatic hydroxyl groups is 1. The topological polar surface area (TPSA) is 115 Å². The third kappa shape index (κ3) is 4.58. The minimum Gasteiger partial charge on any atom is -0.374 e. The summed E-state index contributed by atoms with van der Waals surface area (Å²) in [5, 5.41) is 23.4. The van der Waals surface area contributed by atoms with E-state index in [2.05, 4.69) is 35.5 Å². The minimum atomic E-state index is -0.588. The van der Waals surface area contributed by atoms with Crippen LogP contribution < -0.4 is 5.32 Å². The van der Waals surface area contributed by atoms with Crippen molar-refractivity contribution in [1.29, 1.82) is 0 Å². The Morgan fingerprint density at radius 2 is 1.65 bits per heavy atom. The number of aromatic nitrogens is 6. The molecule has 0 aliphatic heterocycles. The van der Waals surface area contributed by atoms with Gasteiger partial charge in [0.15, 0.2) is 5.65 Å². The summed E-state index contributed by atoms with van der Waals surface area (Å²) in [6.45, 7) is 0. The maximum atomic E-state index is 13.5. The maximum Gasteiger partial charge on any atom is 0.155 e. The van der Waals surface area contributed by atoms with Crippen LogP contribution >= 0.6 is 0 Å². The number of fused-ring (bicyclic) bond motifs is 2. The van der Waals surface area contributed by atoms with E-state index in [9.17, 15) is 9.50 Å². The van der Waals surface area contributed by atoms with E-state index in [1.807, 2.05) is 18.2 Å². The van der Waals surface area contributed by atoms with Crippen molar-refractivity contribution in [2.45, 2.75) is 38.3 Å². The van der Waals surface area contributed by atoms with Crippen LogP contribution in [-0.4, -0.2) is 41.5 Å². The lowest BCUT2D eigenvalue weighted by molar-refractivity contribution is 0.109. The van der Waals surface area contributed by atoms with Gasteiger partial charge in [0.1, 0.15) is 17.7 Å². The Kier molecular flexibility index (Phi) is 6.20. The van der Waals surface area contributed by atoms with Crippen molar-refractivity contribution in [3.8, 4) is 33.6 Å². The number of nitrogens with zero attached hydrogens (tertiary/aromatic N) is 4. The van der Waals surface area contributed by atoms with Gasteiger partial charge >= 0.3 is 0 Å². The molecule has 5 heterocycles. The molecular formula is C31H28FN7O. The average molecular weight is 534 g/mol. The number of H-pyrrole nitrogens is 2. The van der Waals surface area contributed by atoms with E-state index in [0.717, 1.165) is 68.5 Å². The molecule has 1 aliphatic carbocycles. The summed E-state index contributed by atoms with van der Waals surface area (Å²) < 4.78 is 13.5. The normalized spacial score (nSPS) is 15.1. The Balaban J connectivity index is 1.22. The fourth-order valence-electron chi connectivity index (χ4n) is 5.72. The zero-order valence-corrected chi connectivity index (χ0v) is 21.7. The van der Waals surface area contributed by atoms with Gasteiger partial charge in [-0.25, -0.2) is 9.37 Å². The van der Waals surface area contributed by atoms with E-state index >= 15 is 0 Å². The van der Waals surface area contributed by atoms with Crippen LogP contribution in [0, 0.1) is 11.7 Å². The summed E-state index contributed by atoms with van der Waals surface area (Å²) in [7, 11) is 0. The average Bonchev–Trinajstić information content (AvgIpc) is 3.62. The molecule has 1 atom stereocenters. The second kappa shape index (κ2) is 10.2. The van der Waals surface area contributed by atoms with Crippen molar-refractivity contribution in [1.82, 2.24) is 30.1 Å². The highest BCUT2D eigenvalue weighted by Crippen LogP contribution is 2.35. The van der Waals surface area contributed by atoms with Crippen LogP contribution in [0.4, 0.5) is 10.1 Å². The summed E-state index contributed by atoms with van der Waals surface area (Å²) >= 11 is 0. The molecule has 4 N–H and O–H groups in total. The first-order valence-electron chi connectivity index (χ1n) is 13.6. The third-order valence-corrected chi connectivity index (χ3v) is 7.85. The fraction of sp³-hybridized carbons (Fsp3) is 0.226. The molecule has 0 spiro atoms. The summed E-state index contributed by atoms with van der Waals surface area (Å²) in [6, 6.07) is 12.5. The molecule has 9 heteroatoms. The van der Waals surface area contributed by atoms with Gasteiger partial charge in [0.05, 0.1) is 29.3 Å². The van der Waals surface area contributed by atoms with Gasteiger partial charge < -0.3 is 15.4 Å². The number of benzene rings is 1. The Labute approximate surface area is 229 Å². The van der Waals surface area contributed by atoms with Crippen molar-refractivity contribution in [2.24, 2.45) is 5.92 Å². The van der Waals surface area contributed by atoms with Crippen LogP contribution in [0.15, 0.2) is 73.4 Å². The zero-order chi connectivity index (χ0) is 27.1. The first kappa shape index (κ1) is 24.4. The molecular weight excluding hydrogens is 505 g/mol. The SMILES string of the molecule is OC(Nc1cncc(-c2cnc3[nH]nc(-c4cc5c(-c6ccc(F)cc6)cncc5[nH]4)c3c2)c1)C1CCCCC1. The van der Waals surface area contributed by atoms with Crippen LogP contribution in [0.1, 0.15) is 32.1 Å². The van der Waals surface area contributed by atoms with Gasteiger partial charge in [-0.15, -0.1) is 0 Å². The summed E-state index contributed by atoms with van der Waals surface area (Å²) in [5.41, 5.74) is 7.44. The highest BCUT2D eigenvalue weighted by Gasteiger charge is 2.22. The number of nitrogens with one attached hydrogen (secondary N) is 3. The van der Waals surface area contributed by atoms with Gasteiger partial charge in [0, 0.05) is 52.0 Å². The molecule has 1 aromatic carbocycles. The van der Waals surface area contributed by atoms with Gasteiger partial charge in [-0.2, -0.15) is 5.10 Å². The lowest BCUT2D eigenvalue weighted by Gasteiger charge is -2.27. The predicted octanol–water partition coefficient (Wildman–Crippen LogP) is 6.68. The number of hydrogen-bond acceptors (Lipinski definition) is 6. The Morgan fingerprint density at radius 3 is 2.50 bits per heavy atom. The molecule has 1 aliphatic rings. The van der Waals surface area contributed by atoms with Gasteiger partial charge in [0.2, 0.25) is 0 Å². The standard InChI is InChI=1S/C31H28FN7O/c32-22-8-6-18(7-9-22)26-16-34-17-28-24(26)12-27(37-28)29-25-11-21(14-35-30(25)39-38-29)20-10-23(15-33-13-20)36-31(40)19-4-2-1-3-5-19/h6-17,19,31,36-37,40H,1-5H2,(H,35,38,39). The van der Waals surface area contributed by atoms with E-state index in [1.54, 1.807) is 43.1 Å². The highest BCUT2D eigenvalue weighted by molar-refractivity contribution is 6.00. The molecule has 40 heavy (non-hydrogen) atoms. The van der Waals surface area contributed by atoms with Crippen LogP contribution in [0.2, 0.25) is 0 Å². The maximum absolute atomic E-state index is 13.5. The van der Waals surface area contributed by atoms with Gasteiger partial charge in [0.25, 0.3) is 0 Å². The third-order valence-electron chi connectivity index (χ3n) is 7.85. The molecule has 0 amide bonds. The Morgan fingerprint density at radius 1 is 0.850 bits per heavy atom. The molecule has 5 aromatic heterocycles. The van der Waals surface area contributed by atoms with E-state index in [1.165, 1.54) is 31.4 Å². The second-order valence-electron chi connectivity index (χ2n) is 10.5. The summed E-state index contributed by atoms with van der Waals surface area (Å²) in [4.78, 5) is 16.9. The quantitative estimate of drug-likeness (QED) is 0.178. The molecule has 8 nitrogen and oxygen atoms in total. The molecule has 0 saturated heterocycles. The van der Waals surface area contributed by atoms with Crippen LogP contribution in [-0.2, 0) is 0 Å². The fourth-order valence-corrected chi connectivity index (χ4v) is 5.72. The van der Waals surface area contributed by atoms with E-state index in [-0.39, 0.29) is 11.7 Å². The summed E-state index contributed by atoms with van der Waals surface area (Å²) in [5.74, 6) is -0.0131. The number of pyridine rings is 3. The van der Waals surface area contributed by atoms with Gasteiger partial charge in [-0.05, 0) is 48.7 Å². The molecule has 1 fully saturated rings. The summed E-state index contributed by atoms with van der Waals surface area (Å²) in [6.07, 6.45) is 14.0. The van der Waals surface area contributed by atoms with Crippen molar-refractivity contribution >= 4 is 27.6 Å². The smallest absolute Gasteiger partial charge is 0.155 e. The van der Waals surface area contributed by atoms with Gasteiger partial charge in [-0.3, -0.25) is 15.1 Å². The molecule has 1 unspecified atom stereocenters. The molecule has 6 aromatic rings. The molecule has 200 valence electrons. The number of aromatic amines is 2. The van der Waals surface area contributed by atoms with Crippen molar-refractivity contribution < 1.29 is 9.50 Å². The van der Waals surface area contributed by atoms with Gasteiger partial charge in [-0.1, -0.05) is 31.4 Å². The molecule has 7 rings (SSSR count). The molecule has 0 radical (unpaired) electrons. The number of rotatable bonds is 6.